The van der Waals surface area contributed by atoms with Gasteiger partial charge in [0, 0.05) is 13.0 Å². The number of benzene rings is 2. The molecular formula is C20H25NO2. The van der Waals surface area contributed by atoms with E-state index in [2.05, 4.69) is 17.4 Å². The maximum atomic E-state index is 11.6. The Balaban J connectivity index is 1.73. The molecule has 0 aliphatic heterocycles. The van der Waals surface area contributed by atoms with E-state index in [1.165, 1.54) is 5.56 Å². The van der Waals surface area contributed by atoms with Crippen LogP contribution >= 0.6 is 0 Å². The second kappa shape index (κ2) is 8.99. The molecule has 0 saturated carbocycles. The molecule has 0 bridgehead atoms. The van der Waals surface area contributed by atoms with Gasteiger partial charge in [-0.25, -0.2) is 0 Å². The third kappa shape index (κ3) is 6.55. The van der Waals surface area contributed by atoms with Gasteiger partial charge in [0.1, 0.15) is 12.4 Å². The highest BCUT2D eigenvalue weighted by molar-refractivity contribution is 5.76. The smallest absolute Gasteiger partial charge is 0.220 e. The zero-order valence-corrected chi connectivity index (χ0v) is 13.9. The van der Waals surface area contributed by atoms with E-state index in [0.29, 0.717) is 25.5 Å². The Kier molecular flexibility index (Phi) is 6.67. The van der Waals surface area contributed by atoms with Crippen molar-refractivity contribution in [3.63, 3.8) is 0 Å². The van der Waals surface area contributed by atoms with Crippen LogP contribution in [0.4, 0.5) is 0 Å². The predicted molar refractivity (Wildman–Crippen MR) is 93.4 cm³/mol. The van der Waals surface area contributed by atoms with Crippen LogP contribution in [-0.4, -0.2) is 12.5 Å². The molecule has 0 fully saturated rings. The Labute approximate surface area is 138 Å². The van der Waals surface area contributed by atoms with Gasteiger partial charge in [-0.05, 0) is 35.6 Å². The minimum atomic E-state index is 0.128. The maximum Gasteiger partial charge on any atom is 0.220 e. The van der Waals surface area contributed by atoms with E-state index in [-0.39, 0.29) is 5.91 Å². The maximum absolute atomic E-state index is 11.6. The van der Waals surface area contributed by atoms with Crippen molar-refractivity contribution < 1.29 is 9.53 Å². The molecule has 0 spiro atoms. The number of ether oxygens (including phenoxy) is 1. The number of carbonyl (C=O) groups is 1. The van der Waals surface area contributed by atoms with Gasteiger partial charge in [-0.15, -0.1) is 0 Å². The molecule has 0 heterocycles. The topological polar surface area (TPSA) is 38.3 Å². The molecule has 0 unspecified atom stereocenters. The van der Waals surface area contributed by atoms with Crippen LogP contribution in [0, 0.1) is 5.92 Å². The van der Waals surface area contributed by atoms with Gasteiger partial charge in [0.2, 0.25) is 5.91 Å². The van der Waals surface area contributed by atoms with Gasteiger partial charge < -0.3 is 10.1 Å². The van der Waals surface area contributed by atoms with E-state index in [0.717, 1.165) is 17.7 Å². The fourth-order valence-corrected chi connectivity index (χ4v) is 2.28. The summed E-state index contributed by atoms with van der Waals surface area (Å²) in [5.41, 5.74) is 2.35. The van der Waals surface area contributed by atoms with E-state index in [1.54, 1.807) is 0 Å². The summed E-state index contributed by atoms with van der Waals surface area (Å²) in [5, 5.41) is 2.95. The van der Waals surface area contributed by atoms with Crippen LogP contribution in [0.15, 0.2) is 54.6 Å². The quantitative estimate of drug-likeness (QED) is 0.801. The monoisotopic (exact) mass is 311 g/mol. The molecule has 1 N–H and O–H groups in total. The predicted octanol–water partition coefficient (Wildman–Crippen LogP) is 3.97. The lowest BCUT2D eigenvalue weighted by Crippen LogP contribution is -2.26. The third-order valence-corrected chi connectivity index (χ3v) is 3.50. The number of rotatable bonds is 8. The molecular weight excluding hydrogens is 286 g/mol. The van der Waals surface area contributed by atoms with Crippen LogP contribution < -0.4 is 10.1 Å². The third-order valence-electron chi connectivity index (χ3n) is 3.50. The fourth-order valence-electron chi connectivity index (χ4n) is 2.28. The van der Waals surface area contributed by atoms with Crippen molar-refractivity contribution in [3.05, 3.63) is 65.7 Å². The van der Waals surface area contributed by atoms with Crippen molar-refractivity contribution in [2.24, 2.45) is 5.92 Å². The van der Waals surface area contributed by atoms with E-state index in [9.17, 15) is 4.79 Å². The summed E-state index contributed by atoms with van der Waals surface area (Å²) in [5.74, 6) is 1.39. The Morgan fingerprint density at radius 2 is 1.70 bits per heavy atom. The first-order valence-electron chi connectivity index (χ1n) is 8.16. The summed E-state index contributed by atoms with van der Waals surface area (Å²) in [6.07, 6.45) is 1.43. The van der Waals surface area contributed by atoms with Crippen LogP contribution in [0.3, 0.4) is 0 Å². The van der Waals surface area contributed by atoms with Crippen molar-refractivity contribution >= 4 is 5.91 Å². The first kappa shape index (κ1) is 17.1. The number of hydrogen-bond acceptors (Lipinski definition) is 2. The average molecular weight is 311 g/mol. The van der Waals surface area contributed by atoms with Crippen LogP contribution in [0.25, 0.3) is 0 Å². The molecule has 0 aliphatic rings. The number of nitrogens with one attached hydrogen (secondary N) is 1. The van der Waals surface area contributed by atoms with Crippen molar-refractivity contribution in [3.8, 4) is 5.75 Å². The summed E-state index contributed by atoms with van der Waals surface area (Å²) in [6.45, 7) is 5.35. The van der Waals surface area contributed by atoms with Gasteiger partial charge in [-0.3, -0.25) is 4.79 Å². The molecule has 2 aromatic carbocycles. The average Bonchev–Trinajstić information content (AvgIpc) is 2.54. The summed E-state index contributed by atoms with van der Waals surface area (Å²) in [7, 11) is 0. The normalized spacial score (nSPS) is 10.6. The molecule has 3 heteroatoms. The SMILES string of the molecule is CC(C)CC(=O)NCCc1ccc(OCc2ccccc2)cc1. The standard InChI is InChI=1S/C20H25NO2/c1-16(2)14-20(22)21-13-12-17-8-10-19(11-9-17)23-15-18-6-4-3-5-7-18/h3-11,16H,12-15H2,1-2H3,(H,21,22). The van der Waals surface area contributed by atoms with Crippen LogP contribution in [0.5, 0.6) is 5.75 Å². The summed E-state index contributed by atoms with van der Waals surface area (Å²) in [6, 6.07) is 18.2. The Morgan fingerprint density at radius 1 is 1.00 bits per heavy atom. The second-order valence-electron chi connectivity index (χ2n) is 6.12. The summed E-state index contributed by atoms with van der Waals surface area (Å²) in [4.78, 5) is 11.6. The van der Waals surface area contributed by atoms with Crippen molar-refractivity contribution in [2.75, 3.05) is 6.54 Å². The molecule has 23 heavy (non-hydrogen) atoms. The highest BCUT2D eigenvalue weighted by Crippen LogP contribution is 2.14. The Hall–Kier alpha value is -2.29. The lowest BCUT2D eigenvalue weighted by molar-refractivity contribution is -0.121. The van der Waals surface area contributed by atoms with E-state index >= 15 is 0 Å². The first-order valence-corrected chi connectivity index (χ1v) is 8.16. The van der Waals surface area contributed by atoms with Gasteiger partial charge >= 0.3 is 0 Å². The molecule has 3 nitrogen and oxygen atoms in total. The number of carbonyl (C=O) groups excluding carboxylic acids is 1. The van der Waals surface area contributed by atoms with Crippen molar-refractivity contribution in [1.29, 1.82) is 0 Å². The summed E-state index contributed by atoms with van der Waals surface area (Å²) < 4.78 is 5.76. The van der Waals surface area contributed by atoms with Gasteiger partial charge in [0.05, 0.1) is 0 Å². The van der Waals surface area contributed by atoms with Crippen LogP contribution in [0.2, 0.25) is 0 Å². The highest BCUT2D eigenvalue weighted by atomic mass is 16.5. The van der Waals surface area contributed by atoms with E-state index < -0.39 is 0 Å². The lowest BCUT2D eigenvalue weighted by atomic mass is 10.1. The Bertz CT molecular complexity index is 591. The molecule has 0 aliphatic carbocycles. The van der Waals surface area contributed by atoms with Crippen molar-refractivity contribution in [2.45, 2.75) is 33.3 Å². The van der Waals surface area contributed by atoms with Gasteiger partial charge in [0.15, 0.2) is 0 Å². The number of amides is 1. The second-order valence-corrected chi connectivity index (χ2v) is 6.12. The largest absolute Gasteiger partial charge is 0.489 e. The van der Waals surface area contributed by atoms with Gasteiger partial charge in [-0.1, -0.05) is 56.3 Å². The van der Waals surface area contributed by atoms with Crippen LogP contribution in [-0.2, 0) is 17.8 Å². The zero-order chi connectivity index (χ0) is 16.5. The fraction of sp³-hybridized carbons (Fsp3) is 0.350. The minimum absolute atomic E-state index is 0.128. The zero-order valence-electron chi connectivity index (χ0n) is 13.9. The molecule has 0 aromatic heterocycles. The molecule has 0 radical (unpaired) electrons. The van der Waals surface area contributed by atoms with Gasteiger partial charge in [-0.2, -0.15) is 0 Å². The van der Waals surface area contributed by atoms with Crippen LogP contribution in [0.1, 0.15) is 31.4 Å². The van der Waals surface area contributed by atoms with E-state index in [4.69, 9.17) is 4.74 Å². The summed E-state index contributed by atoms with van der Waals surface area (Å²) >= 11 is 0. The molecule has 0 atom stereocenters. The van der Waals surface area contributed by atoms with Crippen molar-refractivity contribution in [1.82, 2.24) is 5.32 Å². The molecule has 0 saturated heterocycles. The molecule has 2 rings (SSSR count). The minimum Gasteiger partial charge on any atom is -0.489 e. The Morgan fingerprint density at radius 3 is 2.35 bits per heavy atom. The lowest BCUT2D eigenvalue weighted by Gasteiger charge is -2.09. The molecule has 2 aromatic rings. The van der Waals surface area contributed by atoms with E-state index in [1.807, 2.05) is 56.3 Å². The molecule has 1 amide bonds. The first-order chi connectivity index (χ1) is 11.1. The molecule has 122 valence electrons. The highest BCUT2D eigenvalue weighted by Gasteiger charge is 2.04. The number of hydrogen-bond donors (Lipinski definition) is 1. The van der Waals surface area contributed by atoms with Gasteiger partial charge in [0.25, 0.3) is 0 Å².